The van der Waals surface area contributed by atoms with E-state index >= 15 is 0 Å². The molecule has 0 saturated carbocycles. The van der Waals surface area contributed by atoms with E-state index < -0.39 is 5.97 Å². The molecule has 2 heterocycles. The van der Waals surface area contributed by atoms with Crippen LogP contribution in [0.1, 0.15) is 45.6 Å². The number of carbonyl (C=O) groups excluding carboxylic acids is 1. The maximum absolute atomic E-state index is 12.3. The van der Waals surface area contributed by atoms with Gasteiger partial charge >= 0.3 is 29.6 Å². The van der Waals surface area contributed by atoms with Crippen molar-refractivity contribution in [2.45, 2.75) is 33.8 Å². The second kappa shape index (κ2) is 10.1. The number of carbonyl (C=O) groups is 1. The first kappa shape index (κ1) is 25.4. The molecule has 0 aliphatic heterocycles. The van der Waals surface area contributed by atoms with Crippen LogP contribution in [0.25, 0.3) is 31.6 Å². The molecule has 4 nitrogen and oxygen atoms in total. The van der Waals surface area contributed by atoms with Crippen molar-refractivity contribution in [3.63, 3.8) is 0 Å². The van der Waals surface area contributed by atoms with Crippen molar-refractivity contribution < 1.29 is 44.2 Å². The second-order valence-electron chi connectivity index (χ2n) is 8.67. The summed E-state index contributed by atoms with van der Waals surface area (Å²) in [6, 6.07) is 21.7. The van der Waals surface area contributed by atoms with Crippen molar-refractivity contribution >= 4 is 38.3 Å². The van der Waals surface area contributed by atoms with Gasteiger partial charge in [-0.2, -0.15) is 0 Å². The molecule has 1 atom stereocenters. The van der Waals surface area contributed by atoms with Gasteiger partial charge in [-0.1, -0.05) is 54.1 Å². The predicted octanol–water partition coefficient (Wildman–Crippen LogP) is 3.55. The van der Waals surface area contributed by atoms with E-state index in [1.165, 1.54) is 5.56 Å². The SMILES string of the molecule is Cc1ccc(C(C)Oc2ccc(C)c3nc(-c4sc5ccccc5c4C)cc(C(=O)[O-])c23)cc1.[Na+]. The first-order valence-electron chi connectivity index (χ1n) is 11.2. The topological polar surface area (TPSA) is 62.2 Å². The number of hydrogen-bond donors (Lipinski definition) is 0. The summed E-state index contributed by atoms with van der Waals surface area (Å²) < 4.78 is 7.43. The molecule has 5 aromatic rings. The Kier molecular flexibility index (Phi) is 7.34. The van der Waals surface area contributed by atoms with Gasteiger partial charge in [0.1, 0.15) is 11.9 Å². The molecule has 0 aliphatic carbocycles. The third kappa shape index (κ3) is 4.74. The number of aryl methyl sites for hydroxylation is 3. The van der Waals surface area contributed by atoms with Gasteiger partial charge in [0.2, 0.25) is 0 Å². The minimum Gasteiger partial charge on any atom is -0.545 e. The van der Waals surface area contributed by atoms with Crippen molar-refractivity contribution in [2.75, 3.05) is 0 Å². The van der Waals surface area contributed by atoms with E-state index in [0.717, 1.165) is 31.7 Å². The zero-order valence-corrected chi connectivity index (χ0v) is 23.3. The quantitative estimate of drug-likeness (QED) is 0.354. The van der Waals surface area contributed by atoms with Crippen LogP contribution in [0, 0.1) is 20.8 Å². The average molecular weight is 490 g/mol. The summed E-state index contributed by atoms with van der Waals surface area (Å²) in [5, 5.41) is 13.9. The average Bonchev–Trinajstić information content (AvgIpc) is 3.17. The number of fused-ring (bicyclic) bond motifs is 2. The number of thiophene rings is 1. The van der Waals surface area contributed by atoms with Gasteiger partial charge in [-0.05, 0) is 68.0 Å². The third-order valence-corrected chi connectivity index (χ3v) is 7.57. The number of aromatic carboxylic acids is 1. The Labute approximate surface area is 230 Å². The van der Waals surface area contributed by atoms with Crippen molar-refractivity contribution in [1.82, 2.24) is 4.98 Å². The number of pyridine rings is 1. The molecule has 0 spiro atoms. The van der Waals surface area contributed by atoms with Crippen LogP contribution in [0.4, 0.5) is 0 Å². The minimum absolute atomic E-state index is 0. The number of benzene rings is 3. The number of rotatable bonds is 5. The zero-order valence-electron chi connectivity index (χ0n) is 20.5. The Morgan fingerprint density at radius 3 is 2.40 bits per heavy atom. The maximum atomic E-state index is 12.3. The van der Waals surface area contributed by atoms with Crippen LogP contribution in [0.3, 0.4) is 0 Å². The number of carboxylic acid groups (broad SMARTS) is 1. The van der Waals surface area contributed by atoms with Crippen LogP contribution < -0.4 is 39.4 Å². The van der Waals surface area contributed by atoms with Gasteiger partial charge in [0.25, 0.3) is 0 Å². The van der Waals surface area contributed by atoms with Crippen LogP contribution in [0.5, 0.6) is 5.75 Å². The number of carboxylic acids is 1. The Balaban J connectivity index is 0.00000289. The largest absolute Gasteiger partial charge is 1.00 e. The maximum Gasteiger partial charge on any atom is 1.00 e. The summed E-state index contributed by atoms with van der Waals surface area (Å²) in [5.74, 6) is -0.758. The second-order valence-corrected chi connectivity index (χ2v) is 9.72. The van der Waals surface area contributed by atoms with Gasteiger partial charge in [0.05, 0.1) is 27.4 Å². The van der Waals surface area contributed by atoms with Crippen LogP contribution in [-0.4, -0.2) is 11.0 Å². The first-order valence-corrected chi connectivity index (χ1v) is 12.0. The molecule has 1 unspecified atom stereocenters. The Morgan fingerprint density at radius 2 is 1.71 bits per heavy atom. The van der Waals surface area contributed by atoms with Gasteiger partial charge in [-0.15, -0.1) is 11.3 Å². The Hall–Kier alpha value is -2.70. The van der Waals surface area contributed by atoms with Gasteiger partial charge in [-0.3, -0.25) is 0 Å². The zero-order chi connectivity index (χ0) is 24.0. The summed E-state index contributed by atoms with van der Waals surface area (Å²) in [7, 11) is 0. The van der Waals surface area contributed by atoms with Gasteiger partial charge in [-0.25, -0.2) is 4.98 Å². The summed E-state index contributed by atoms with van der Waals surface area (Å²) in [5.41, 5.74) is 5.50. The van der Waals surface area contributed by atoms with Crippen molar-refractivity contribution in [1.29, 1.82) is 0 Å². The van der Waals surface area contributed by atoms with E-state index in [-0.39, 0.29) is 41.2 Å². The standard InChI is InChI=1S/C29H25NO3S.Na/c1-16-9-12-20(13-10-16)19(4)33-24-14-11-17(2)27-26(24)22(29(31)32)15-23(30-27)28-18(3)21-7-5-6-8-25(21)34-28;/h5-15,19H,1-4H3,(H,31,32);/q;+1/p-1. The number of nitrogens with zero attached hydrogens (tertiary/aromatic N) is 1. The van der Waals surface area contributed by atoms with Crippen LogP contribution >= 0.6 is 11.3 Å². The van der Waals surface area contributed by atoms with E-state index in [0.29, 0.717) is 22.3 Å². The molecule has 5 rings (SSSR count). The number of aromatic nitrogens is 1. The summed E-state index contributed by atoms with van der Waals surface area (Å²) in [6.07, 6.45) is -0.259. The third-order valence-electron chi connectivity index (χ3n) is 6.27. The number of hydrogen-bond acceptors (Lipinski definition) is 5. The van der Waals surface area contributed by atoms with E-state index in [1.807, 2.05) is 76.2 Å². The molecule has 35 heavy (non-hydrogen) atoms. The molecule has 0 N–H and O–H groups in total. The molecule has 0 amide bonds. The molecular weight excluding hydrogens is 465 g/mol. The Bertz CT molecular complexity index is 1560. The summed E-state index contributed by atoms with van der Waals surface area (Å²) in [6.45, 7) is 7.98. The monoisotopic (exact) mass is 489 g/mol. The van der Waals surface area contributed by atoms with Crippen molar-refractivity contribution in [3.8, 4) is 16.3 Å². The van der Waals surface area contributed by atoms with Crippen LogP contribution in [-0.2, 0) is 0 Å². The summed E-state index contributed by atoms with van der Waals surface area (Å²) >= 11 is 1.62. The molecule has 0 aliphatic rings. The van der Waals surface area contributed by atoms with Gasteiger partial charge in [0.15, 0.2) is 0 Å². The van der Waals surface area contributed by atoms with Gasteiger partial charge in [0, 0.05) is 10.3 Å². The molecule has 3 aromatic carbocycles. The summed E-state index contributed by atoms with van der Waals surface area (Å²) in [4.78, 5) is 18.2. The van der Waals surface area contributed by atoms with Crippen LogP contribution in [0.2, 0.25) is 0 Å². The molecule has 2 aromatic heterocycles. The van der Waals surface area contributed by atoms with Gasteiger partial charge < -0.3 is 14.6 Å². The molecular formula is C29H24NNaO3S. The Morgan fingerprint density at radius 1 is 1.00 bits per heavy atom. The first-order chi connectivity index (χ1) is 16.3. The molecule has 0 bridgehead atoms. The molecule has 0 fully saturated rings. The molecule has 0 radical (unpaired) electrons. The van der Waals surface area contributed by atoms with Crippen molar-refractivity contribution in [3.05, 3.63) is 94.5 Å². The molecule has 170 valence electrons. The van der Waals surface area contributed by atoms with E-state index in [2.05, 4.69) is 12.1 Å². The van der Waals surface area contributed by atoms with Crippen LogP contribution in [0.15, 0.2) is 66.7 Å². The van der Waals surface area contributed by atoms with E-state index in [1.54, 1.807) is 17.4 Å². The fourth-order valence-corrected chi connectivity index (χ4v) is 5.50. The minimum atomic E-state index is -1.24. The fraction of sp³-hybridized carbons (Fsp3) is 0.172. The number of ether oxygens (including phenoxy) is 1. The van der Waals surface area contributed by atoms with Crippen molar-refractivity contribution in [2.24, 2.45) is 0 Å². The molecule has 6 heteroatoms. The van der Waals surface area contributed by atoms with E-state index in [9.17, 15) is 9.90 Å². The fourth-order valence-electron chi connectivity index (χ4n) is 4.33. The van der Waals surface area contributed by atoms with E-state index in [4.69, 9.17) is 9.72 Å². The smallest absolute Gasteiger partial charge is 0.545 e. The predicted molar refractivity (Wildman–Crippen MR) is 137 cm³/mol. The molecule has 0 saturated heterocycles. The normalized spacial score (nSPS) is 11.9.